The van der Waals surface area contributed by atoms with E-state index < -0.39 is 11.4 Å². The molecule has 0 spiro atoms. The van der Waals surface area contributed by atoms with E-state index in [4.69, 9.17) is 0 Å². The van der Waals surface area contributed by atoms with Gasteiger partial charge in [0.05, 0.1) is 5.41 Å². The second-order valence-electron chi connectivity index (χ2n) is 6.29. The van der Waals surface area contributed by atoms with Crippen LogP contribution in [0.3, 0.4) is 0 Å². The molecule has 0 bridgehead atoms. The highest BCUT2D eigenvalue weighted by Gasteiger charge is 2.45. The van der Waals surface area contributed by atoms with Crippen LogP contribution in [0.25, 0.3) is 0 Å². The number of aliphatic carboxylic acids is 1. The molecule has 1 aliphatic heterocycles. The molecule has 1 aromatic rings. The van der Waals surface area contributed by atoms with E-state index in [1.807, 2.05) is 32.9 Å². The van der Waals surface area contributed by atoms with Crippen LogP contribution in [0.5, 0.6) is 5.75 Å². The lowest BCUT2D eigenvalue weighted by Gasteiger charge is -2.28. The second kappa shape index (κ2) is 6.06. The summed E-state index contributed by atoms with van der Waals surface area (Å²) in [6, 6.07) is 5.62. The van der Waals surface area contributed by atoms with E-state index in [1.54, 1.807) is 6.07 Å². The van der Waals surface area contributed by atoms with E-state index in [0.717, 1.165) is 24.1 Å². The molecule has 1 fully saturated rings. The highest BCUT2D eigenvalue weighted by atomic mass is 16.4. The van der Waals surface area contributed by atoms with Crippen LogP contribution in [-0.2, 0) is 4.79 Å². The van der Waals surface area contributed by atoms with Crippen LogP contribution in [0.2, 0.25) is 0 Å². The van der Waals surface area contributed by atoms with Gasteiger partial charge in [-0.1, -0.05) is 31.0 Å². The summed E-state index contributed by atoms with van der Waals surface area (Å²) in [6.45, 7) is 7.39. The van der Waals surface area contributed by atoms with Gasteiger partial charge in [0.2, 0.25) is 0 Å². The molecule has 1 heterocycles. The van der Waals surface area contributed by atoms with Crippen molar-refractivity contribution in [1.29, 1.82) is 0 Å². The van der Waals surface area contributed by atoms with Gasteiger partial charge in [0.25, 0.3) is 0 Å². The number of carboxylic acid groups (broad SMARTS) is 1. The largest absolute Gasteiger partial charge is 0.508 e. The topological polar surface area (TPSA) is 60.8 Å². The minimum absolute atomic E-state index is 0.0305. The van der Waals surface area contributed by atoms with Gasteiger partial charge in [-0.25, -0.2) is 0 Å². The zero-order valence-electron chi connectivity index (χ0n) is 13.1. The molecule has 21 heavy (non-hydrogen) atoms. The molecule has 1 saturated heterocycles. The smallest absolute Gasteiger partial charge is 0.310 e. The Bertz CT molecular complexity index is 529. The molecule has 1 aromatic carbocycles. The predicted octanol–water partition coefficient (Wildman–Crippen LogP) is 3.34. The minimum Gasteiger partial charge on any atom is -0.508 e. The Balaban J connectivity index is 2.20. The third-order valence-electron chi connectivity index (χ3n) is 4.75. The first-order valence-corrected chi connectivity index (χ1v) is 7.66. The number of benzene rings is 1. The highest BCUT2D eigenvalue weighted by molar-refractivity contribution is 5.75. The fourth-order valence-electron chi connectivity index (χ4n) is 3.40. The molecule has 0 aliphatic carbocycles. The van der Waals surface area contributed by atoms with Crippen LogP contribution in [0.1, 0.15) is 50.3 Å². The molecule has 4 nitrogen and oxygen atoms in total. The van der Waals surface area contributed by atoms with Crippen LogP contribution < -0.4 is 0 Å². The molecular formula is C17H25NO3. The fraction of sp³-hybridized carbons (Fsp3) is 0.588. The maximum Gasteiger partial charge on any atom is 0.310 e. The Morgan fingerprint density at radius 2 is 2.19 bits per heavy atom. The molecule has 0 amide bonds. The van der Waals surface area contributed by atoms with Crippen molar-refractivity contribution >= 4 is 5.97 Å². The summed E-state index contributed by atoms with van der Waals surface area (Å²) in [7, 11) is 0. The second-order valence-corrected chi connectivity index (χ2v) is 6.29. The van der Waals surface area contributed by atoms with Gasteiger partial charge in [0.1, 0.15) is 5.75 Å². The Labute approximate surface area is 126 Å². The quantitative estimate of drug-likeness (QED) is 0.873. The normalized spacial score (nSPS) is 24.1. The number of hydrogen-bond acceptors (Lipinski definition) is 3. The standard InChI is InChI=1S/C17H25NO3/c1-4-7-17(16(20)21)8-9-18(11-17)13(3)14-10-12(2)5-6-15(14)19/h5-6,10,13,19H,4,7-9,11H2,1-3H3,(H,20,21). The average molecular weight is 291 g/mol. The number of carbonyl (C=O) groups is 1. The summed E-state index contributed by atoms with van der Waals surface area (Å²) in [6.07, 6.45) is 2.28. The van der Waals surface area contributed by atoms with Crippen molar-refractivity contribution in [2.45, 2.75) is 46.1 Å². The summed E-state index contributed by atoms with van der Waals surface area (Å²) in [5, 5.41) is 19.7. The number of carboxylic acids is 1. The Morgan fingerprint density at radius 1 is 1.48 bits per heavy atom. The molecule has 2 atom stereocenters. The number of aryl methyl sites for hydroxylation is 1. The molecule has 1 aliphatic rings. The van der Waals surface area contributed by atoms with Crippen molar-refractivity contribution in [3.8, 4) is 5.75 Å². The van der Waals surface area contributed by atoms with Crippen molar-refractivity contribution in [3.05, 3.63) is 29.3 Å². The monoisotopic (exact) mass is 291 g/mol. The van der Waals surface area contributed by atoms with Crippen molar-refractivity contribution < 1.29 is 15.0 Å². The van der Waals surface area contributed by atoms with E-state index in [-0.39, 0.29) is 11.8 Å². The van der Waals surface area contributed by atoms with Crippen molar-refractivity contribution in [3.63, 3.8) is 0 Å². The number of rotatable bonds is 5. The summed E-state index contributed by atoms with van der Waals surface area (Å²) in [5.41, 5.74) is 1.36. The lowest BCUT2D eigenvalue weighted by Crippen LogP contribution is -2.35. The molecule has 0 saturated carbocycles. The molecule has 116 valence electrons. The van der Waals surface area contributed by atoms with Crippen LogP contribution in [0.4, 0.5) is 0 Å². The molecule has 0 radical (unpaired) electrons. The number of hydrogen-bond donors (Lipinski definition) is 2. The molecule has 2 unspecified atom stereocenters. The van der Waals surface area contributed by atoms with Crippen LogP contribution in [0, 0.1) is 12.3 Å². The van der Waals surface area contributed by atoms with E-state index in [0.29, 0.717) is 19.4 Å². The number of aromatic hydroxyl groups is 1. The van der Waals surface area contributed by atoms with Gasteiger partial charge in [-0.3, -0.25) is 9.69 Å². The van der Waals surface area contributed by atoms with Crippen LogP contribution in [-0.4, -0.2) is 34.2 Å². The zero-order valence-corrected chi connectivity index (χ0v) is 13.1. The lowest BCUT2D eigenvalue weighted by molar-refractivity contribution is -0.148. The van der Waals surface area contributed by atoms with Gasteiger partial charge >= 0.3 is 5.97 Å². The van der Waals surface area contributed by atoms with Crippen molar-refractivity contribution in [2.24, 2.45) is 5.41 Å². The van der Waals surface area contributed by atoms with Gasteiger partial charge in [-0.15, -0.1) is 0 Å². The number of likely N-dealkylation sites (tertiary alicyclic amines) is 1. The molecular weight excluding hydrogens is 266 g/mol. The third kappa shape index (κ3) is 3.05. The van der Waals surface area contributed by atoms with Crippen LogP contribution in [0.15, 0.2) is 18.2 Å². The Morgan fingerprint density at radius 3 is 2.81 bits per heavy atom. The zero-order chi connectivity index (χ0) is 15.6. The minimum atomic E-state index is -0.687. The molecule has 2 N–H and O–H groups in total. The summed E-state index contributed by atoms with van der Waals surface area (Å²) in [5.74, 6) is -0.399. The van der Waals surface area contributed by atoms with Gasteiger partial charge in [0.15, 0.2) is 0 Å². The lowest BCUT2D eigenvalue weighted by atomic mass is 9.82. The van der Waals surface area contributed by atoms with Gasteiger partial charge < -0.3 is 10.2 Å². The number of phenols is 1. The first kappa shape index (κ1) is 15.8. The molecule has 2 rings (SSSR count). The molecule has 0 aromatic heterocycles. The first-order chi connectivity index (χ1) is 9.89. The first-order valence-electron chi connectivity index (χ1n) is 7.66. The summed E-state index contributed by atoms with van der Waals surface area (Å²) < 4.78 is 0. The Kier molecular flexibility index (Phi) is 4.57. The maximum atomic E-state index is 11.7. The number of phenolic OH excluding ortho intramolecular Hbond substituents is 1. The fourth-order valence-corrected chi connectivity index (χ4v) is 3.40. The highest BCUT2D eigenvalue weighted by Crippen LogP contribution is 2.40. The summed E-state index contributed by atoms with van der Waals surface area (Å²) in [4.78, 5) is 13.8. The summed E-state index contributed by atoms with van der Waals surface area (Å²) >= 11 is 0. The van der Waals surface area contributed by atoms with Crippen molar-refractivity contribution in [1.82, 2.24) is 4.90 Å². The van der Waals surface area contributed by atoms with E-state index >= 15 is 0 Å². The SMILES string of the molecule is CCCC1(C(=O)O)CCN(C(C)c2cc(C)ccc2O)C1. The van der Waals surface area contributed by atoms with Crippen molar-refractivity contribution in [2.75, 3.05) is 13.1 Å². The van der Waals surface area contributed by atoms with Gasteiger partial charge in [-0.05, 0) is 39.3 Å². The average Bonchev–Trinajstić information content (AvgIpc) is 2.87. The predicted molar refractivity (Wildman–Crippen MR) is 82.4 cm³/mol. The van der Waals surface area contributed by atoms with Crippen LogP contribution >= 0.6 is 0 Å². The van der Waals surface area contributed by atoms with E-state index in [9.17, 15) is 15.0 Å². The molecule has 4 heteroatoms. The van der Waals surface area contributed by atoms with E-state index in [2.05, 4.69) is 4.90 Å². The van der Waals surface area contributed by atoms with Gasteiger partial charge in [-0.2, -0.15) is 0 Å². The van der Waals surface area contributed by atoms with E-state index in [1.165, 1.54) is 0 Å². The third-order valence-corrected chi connectivity index (χ3v) is 4.75. The van der Waals surface area contributed by atoms with Gasteiger partial charge in [0, 0.05) is 18.2 Å². The Hall–Kier alpha value is -1.55. The number of nitrogens with zero attached hydrogens (tertiary/aromatic N) is 1. The maximum absolute atomic E-state index is 11.7.